The molecule has 2 aromatic rings. The SMILES string of the molecule is COc1ccc(NC(=O)[C@@H]2CCN(S(C)(=O)=O)c3ccccc3O2)cc1. The van der Waals surface area contributed by atoms with Gasteiger partial charge in [-0.3, -0.25) is 9.10 Å². The molecule has 26 heavy (non-hydrogen) atoms. The number of nitrogens with one attached hydrogen (secondary N) is 1. The first kappa shape index (κ1) is 18.1. The van der Waals surface area contributed by atoms with E-state index in [1.807, 2.05) is 0 Å². The van der Waals surface area contributed by atoms with Gasteiger partial charge in [-0.1, -0.05) is 12.1 Å². The molecule has 8 heteroatoms. The highest BCUT2D eigenvalue weighted by molar-refractivity contribution is 7.92. The molecule has 0 aromatic heterocycles. The van der Waals surface area contributed by atoms with Gasteiger partial charge in [-0.2, -0.15) is 0 Å². The average molecular weight is 376 g/mol. The molecular formula is C18H20N2O5S. The minimum Gasteiger partial charge on any atom is -0.497 e. The summed E-state index contributed by atoms with van der Waals surface area (Å²) in [7, 11) is -1.90. The van der Waals surface area contributed by atoms with Crippen molar-refractivity contribution in [3.63, 3.8) is 0 Å². The molecule has 1 N–H and O–H groups in total. The van der Waals surface area contributed by atoms with Gasteiger partial charge in [0.1, 0.15) is 11.5 Å². The van der Waals surface area contributed by atoms with Crippen molar-refractivity contribution < 1.29 is 22.7 Å². The maximum absolute atomic E-state index is 12.6. The second-order valence-electron chi connectivity index (χ2n) is 5.92. The number of carbonyl (C=O) groups excluding carboxylic acids is 1. The molecule has 2 aromatic carbocycles. The Bertz CT molecular complexity index is 896. The number of methoxy groups -OCH3 is 1. The third-order valence-electron chi connectivity index (χ3n) is 4.05. The lowest BCUT2D eigenvalue weighted by Gasteiger charge is -2.20. The number of amides is 1. The minimum atomic E-state index is -3.47. The van der Waals surface area contributed by atoms with E-state index in [1.165, 1.54) is 4.31 Å². The van der Waals surface area contributed by atoms with E-state index in [0.29, 0.717) is 22.9 Å². The van der Waals surface area contributed by atoms with Gasteiger partial charge in [-0.05, 0) is 36.4 Å². The van der Waals surface area contributed by atoms with Crippen LogP contribution in [0.15, 0.2) is 48.5 Å². The molecular weight excluding hydrogens is 356 g/mol. The van der Waals surface area contributed by atoms with Gasteiger partial charge in [-0.15, -0.1) is 0 Å². The van der Waals surface area contributed by atoms with Crippen molar-refractivity contribution in [2.45, 2.75) is 12.5 Å². The maximum Gasteiger partial charge on any atom is 0.265 e. The van der Waals surface area contributed by atoms with Crippen molar-refractivity contribution in [3.05, 3.63) is 48.5 Å². The molecule has 138 valence electrons. The summed E-state index contributed by atoms with van der Waals surface area (Å²) in [5.74, 6) is 0.720. The largest absolute Gasteiger partial charge is 0.497 e. The maximum atomic E-state index is 12.6. The van der Waals surface area contributed by atoms with Crippen LogP contribution < -0.4 is 19.1 Å². The summed E-state index contributed by atoms with van der Waals surface area (Å²) in [6.07, 6.45) is 0.579. The number of anilines is 2. The Hall–Kier alpha value is -2.74. The summed E-state index contributed by atoms with van der Waals surface area (Å²) >= 11 is 0. The molecule has 0 bridgehead atoms. The zero-order valence-electron chi connectivity index (χ0n) is 14.5. The summed E-state index contributed by atoms with van der Waals surface area (Å²) in [6, 6.07) is 13.7. The number of fused-ring (bicyclic) bond motifs is 1. The van der Waals surface area contributed by atoms with Crippen LogP contribution in [0.2, 0.25) is 0 Å². The molecule has 0 fully saturated rings. The van der Waals surface area contributed by atoms with Gasteiger partial charge in [0.25, 0.3) is 5.91 Å². The summed E-state index contributed by atoms with van der Waals surface area (Å²) in [5.41, 5.74) is 1.05. The van der Waals surface area contributed by atoms with Crippen LogP contribution >= 0.6 is 0 Å². The smallest absolute Gasteiger partial charge is 0.265 e. The molecule has 1 amide bonds. The van der Waals surface area contributed by atoms with Crippen LogP contribution in [0, 0.1) is 0 Å². The van der Waals surface area contributed by atoms with Gasteiger partial charge in [0.2, 0.25) is 10.0 Å². The highest BCUT2D eigenvalue weighted by atomic mass is 32.2. The van der Waals surface area contributed by atoms with Crippen LogP contribution in [0.25, 0.3) is 0 Å². The van der Waals surface area contributed by atoms with E-state index in [0.717, 1.165) is 6.26 Å². The van der Waals surface area contributed by atoms with Gasteiger partial charge < -0.3 is 14.8 Å². The van der Waals surface area contributed by atoms with Crippen LogP contribution in [-0.2, 0) is 14.8 Å². The fourth-order valence-corrected chi connectivity index (χ4v) is 3.70. The lowest BCUT2D eigenvalue weighted by Crippen LogP contribution is -2.35. The van der Waals surface area contributed by atoms with Crippen molar-refractivity contribution in [3.8, 4) is 11.5 Å². The predicted molar refractivity (Wildman–Crippen MR) is 99.3 cm³/mol. The van der Waals surface area contributed by atoms with Crippen LogP contribution in [-0.4, -0.2) is 40.3 Å². The standard InChI is InChI=1S/C18H20N2O5S/c1-24-14-9-7-13(8-10-14)19-18(21)17-11-12-20(26(2,22)23)15-5-3-4-6-16(15)25-17/h3-10,17H,11-12H2,1-2H3,(H,19,21)/t17-/m0/s1. The van der Waals surface area contributed by atoms with E-state index in [9.17, 15) is 13.2 Å². The number of benzene rings is 2. The Labute approximate surface area is 152 Å². The Morgan fingerprint density at radius 3 is 2.54 bits per heavy atom. The third-order valence-corrected chi connectivity index (χ3v) is 5.23. The molecule has 0 saturated carbocycles. The quantitative estimate of drug-likeness (QED) is 0.885. The number of carbonyl (C=O) groups is 1. The highest BCUT2D eigenvalue weighted by Crippen LogP contribution is 2.34. The monoisotopic (exact) mass is 376 g/mol. The van der Waals surface area contributed by atoms with Crippen molar-refractivity contribution in [2.75, 3.05) is 29.5 Å². The molecule has 0 spiro atoms. The topological polar surface area (TPSA) is 84.9 Å². The molecule has 7 nitrogen and oxygen atoms in total. The summed E-state index contributed by atoms with van der Waals surface area (Å²) in [4.78, 5) is 12.6. The molecule has 1 atom stereocenters. The molecule has 1 aliphatic rings. The predicted octanol–water partition coefficient (Wildman–Crippen LogP) is 2.25. The Kier molecular flexibility index (Phi) is 5.03. The number of para-hydroxylation sites is 2. The Morgan fingerprint density at radius 1 is 1.19 bits per heavy atom. The first-order chi connectivity index (χ1) is 12.4. The van der Waals surface area contributed by atoms with Crippen molar-refractivity contribution >= 4 is 27.3 Å². The van der Waals surface area contributed by atoms with Gasteiger partial charge in [0.15, 0.2) is 6.10 Å². The number of rotatable bonds is 4. The second-order valence-corrected chi connectivity index (χ2v) is 7.82. The third kappa shape index (κ3) is 3.91. The fourth-order valence-electron chi connectivity index (χ4n) is 2.76. The first-order valence-electron chi connectivity index (χ1n) is 8.07. The van der Waals surface area contributed by atoms with Crippen LogP contribution in [0.3, 0.4) is 0 Å². The van der Waals surface area contributed by atoms with Gasteiger partial charge in [0.05, 0.1) is 19.1 Å². The average Bonchev–Trinajstić information content (AvgIpc) is 2.82. The zero-order chi connectivity index (χ0) is 18.7. The first-order valence-corrected chi connectivity index (χ1v) is 9.91. The van der Waals surface area contributed by atoms with Crippen molar-refractivity contribution in [1.29, 1.82) is 0 Å². The summed E-state index contributed by atoms with van der Waals surface area (Å²) in [5, 5.41) is 2.79. The minimum absolute atomic E-state index is 0.163. The van der Waals surface area contributed by atoms with Crippen molar-refractivity contribution in [1.82, 2.24) is 0 Å². The number of ether oxygens (including phenoxy) is 2. The molecule has 1 heterocycles. The molecule has 0 unspecified atom stereocenters. The number of sulfonamides is 1. The summed E-state index contributed by atoms with van der Waals surface area (Å²) in [6.45, 7) is 0.163. The molecule has 0 radical (unpaired) electrons. The normalized spacial score (nSPS) is 16.8. The highest BCUT2D eigenvalue weighted by Gasteiger charge is 2.31. The van der Waals surface area contributed by atoms with Crippen LogP contribution in [0.4, 0.5) is 11.4 Å². The Balaban J connectivity index is 1.80. The van der Waals surface area contributed by atoms with Crippen LogP contribution in [0.5, 0.6) is 11.5 Å². The van der Waals surface area contributed by atoms with Crippen LogP contribution in [0.1, 0.15) is 6.42 Å². The number of hydrogen-bond acceptors (Lipinski definition) is 5. The lowest BCUT2D eigenvalue weighted by molar-refractivity contribution is -0.122. The fraction of sp³-hybridized carbons (Fsp3) is 0.278. The second kappa shape index (κ2) is 7.25. The zero-order valence-corrected chi connectivity index (χ0v) is 15.3. The van der Waals surface area contributed by atoms with E-state index >= 15 is 0 Å². The van der Waals surface area contributed by atoms with E-state index in [1.54, 1.807) is 55.6 Å². The van der Waals surface area contributed by atoms with E-state index in [2.05, 4.69) is 5.32 Å². The van der Waals surface area contributed by atoms with E-state index < -0.39 is 16.1 Å². The summed E-state index contributed by atoms with van der Waals surface area (Å²) < 4.78 is 36.4. The lowest BCUT2D eigenvalue weighted by atomic mass is 10.2. The van der Waals surface area contributed by atoms with Crippen molar-refractivity contribution in [2.24, 2.45) is 0 Å². The number of hydrogen-bond donors (Lipinski definition) is 1. The Morgan fingerprint density at radius 2 is 1.88 bits per heavy atom. The van der Waals surface area contributed by atoms with E-state index in [-0.39, 0.29) is 18.9 Å². The number of nitrogens with zero attached hydrogens (tertiary/aromatic N) is 1. The van der Waals surface area contributed by atoms with Gasteiger partial charge >= 0.3 is 0 Å². The van der Waals surface area contributed by atoms with Gasteiger partial charge in [-0.25, -0.2) is 8.42 Å². The van der Waals surface area contributed by atoms with E-state index in [4.69, 9.17) is 9.47 Å². The van der Waals surface area contributed by atoms with Gasteiger partial charge in [0, 0.05) is 18.7 Å². The molecule has 0 aliphatic carbocycles. The molecule has 0 saturated heterocycles. The molecule has 1 aliphatic heterocycles. The molecule has 3 rings (SSSR count).